The number of non-ortho nitro benzene ring substituents is 1. The number of aromatic nitrogens is 1. The number of carbonyl (C=O) groups excluding carboxylic acids is 1. The number of fused-ring (bicyclic) bond motifs is 1. The lowest BCUT2D eigenvalue weighted by Gasteiger charge is -2.09. The average molecular weight is 365 g/mol. The van der Waals surface area contributed by atoms with Crippen molar-refractivity contribution in [2.75, 3.05) is 13.2 Å². The third kappa shape index (κ3) is 5.01. The van der Waals surface area contributed by atoms with Gasteiger partial charge in [0.25, 0.3) is 5.69 Å². The molecule has 1 heterocycles. The smallest absolute Gasteiger partial charge is 0.269 e. The van der Waals surface area contributed by atoms with Gasteiger partial charge in [0.15, 0.2) is 0 Å². The van der Waals surface area contributed by atoms with Gasteiger partial charge in [-0.05, 0) is 24.1 Å². The van der Waals surface area contributed by atoms with E-state index in [0.29, 0.717) is 19.6 Å². The summed E-state index contributed by atoms with van der Waals surface area (Å²) in [5.74, 6) is 0.598. The number of hydrogen-bond donors (Lipinski definition) is 1. The number of benzene rings is 2. The van der Waals surface area contributed by atoms with E-state index in [1.54, 1.807) is 18.3 Å². The number of hydrogen-bond acceptors (Lipinski definition) is 5. The standard InChI is InChI=1S/C20H19N3O4/c24-19(14-15-7-9-17(10-8-15)23(25)26)21-12-3-13-27-18-6-1-4-16-5-2-11-22-20(16)18/h1-2,4-11H,3,12-14H2,(H,21,24). The van der Waals surface area contributed by atoms with Gasteiger partial charge in [-0.3, -0.25) is 19.9 Å². The Morgan fingerprint density at radius 1 is 1.11 bits per heavy atom. The number of ether oxygens (including phenoxy) is 1. The molecule has 1 aromatic heterocycles. The molecular weight excluding hydrogens is 346 g/mol. The van der Waals surface area contributed by atoms with Gasteiger partial charge in [-0.1, -0.05) is 30.3 Å². The third-order valence-electron chi connectivity index (χ3n) is 4.01. The molecule has 0 unspecified atom stereocenters. The van der Waals surface area contributed by atoms with Gasteiger partial charge in [0.1, 0.15) is 11.3 Å². The first-order chi connectivity index (χ1) is 13.1. The predicted molar refractivity (Wildman–Crippen MR) is 102 cm³/mol. The molecule has 0 aliphatic heterocycles. The van der Waals surface area contributed by atoms with Gasteiger partial charge >= 0.3 is 0 Å². The maximum Gasteiger partial charge on any atom is 0.269 e. The molecule has 1 amide bonds. The molecule has 1 N–H and O–H groups in total. The van der Waals surface area contributed by atoms with Crippen LogP contribution < -0.4 is 10.1 Å². The van der Waals surface area contributed by atoms with E-state index in [1.807, 2.05) is 30.3 Å². The summed E-state index contributed by atoms with van der Waals surface area (Å²) in [4.78, 5) is 26.4. The second kappa shape index (κ2) is 8.75. The van der Waals surface area contributed by atoms with Gasteiger partial charge in [-0.2, -0.15) is 0 Å². The number of carbonyl (C=O) groups is 1. The van der Waals surface area contributed by atoms with Crippen molar-refractivity contribution in [3.8, 4) is 5.75 Å². The van der Waals surface area contributed by atoms with Crippen LogP contribution in [-0.4, -0.2) is 29.0 Å². The summed E-state index contributed by atoms with van der Waals surface area (Å²) in [6.07, 6.45) is 2.58. The first-order valence-corrected chi connectivity index (χ1v) is 8.60. The molecule has 0 atom stereocenters. The van der Waals surface area contributed by atoms with Crippen LogP contribution in [0.3, 0.4) is 0 Å². The van der Waals surface area contributed by atoms with Crippen molar-refractivity contribution in [1.29, 1.82) is 0 Å². The van der Waals surface area contributed by atoms with E-state index < -0.39 is 4.92 Å². The fraction of sp³-hybridized carbons (Fsp3) is 0.200. The number of rotatable bonds is 8. The Bertz CT molecular complexity index is 936. The van der Waals surface area contributed by atoms with Crippen molar-refractivity contribution >= 4 is 22.5 Å². The van der Waals surface area contributed by atoms with Crippen LogP contribution in [0.2, 0.25) is 0 Å². The first kappa shape index (κ1) is 18.3. The van der Waals surface area contributed by atoms with Gasteiger partial charge in [-0.25, -0.2) is 0 Å². The highest BCUT2D eigenvalue weighted by Gasteiger charge is 2.07. The third-order valence-corrected chi connectivity index (χ3v) is 4.01. The SMILES string of the molecule is O=C(Cc1ccc([N+](=O)[O-])cc1)NCCCOc1cccc2cccnc12. The van der Waals surface area contributed by atoms with Crippen LogP contribution in [0, 0.1) is 10.1 Å². The second-order valence-electron chi connectivity index (χ2n) is 5.98. The summed E-state index contributed by atoms with van der Waals surface area (Å²) in [7, 11) is 0. The summed E-state index contributed by atoms with van der Waals surface area (Å²) in [5, 5.41) is 14.5. The lowest BCUT2D eigenvalue weighted by molar-refractivity contribution is -0.384. The lowest BCUT2D eigenvalue weighted by atomic mass is 10.1. The zero-order valence-electron chi connectivity index (χ0n) is 14.6. The van der Waals surface area contributed by atoms with Gasteiger partial charge in [-0.15, -0.1) is 0 Å². The van der Waals surface area contributed by atoms with Gasteiger partial charge in [0, 0.05) is 30.3 Å². The second-order valence-corrected chi connectivity index (χ2v) is 5.98. The molecular formula is C20H19N3O4. The van der Waals surface area contributed by atoms with Crippen molar-refractivity contribution in [1.82, 2.24) is 10.3 Å². The number of para-hydroxylation sites is 1. The summed E-state index contributed by atoms with van der Waals surface area (Å²) in [6.45, 7) is 0.956. The minimum Gasteiger partial charge on any atom is -0.491 e. The molecule has 0 spiro atoms. The van der Waals surface area contributed by atoms with Crippen LogP contribution in [0.15, 0.2) is 60.8 Å². The topological polar surface area (TPSA) is 94.4 Å². The van der Waals surface area contributed by atoms with Crippen LogP contribution in [-0.2, 0) is 11.2 Å². The Morgan fingerprint density at radius 2 is 1.89 bits per heavy atom. The number of nitrogens with one attached hydrogen (secondary N) is 1. The highest BCUT2D eigenvalue weighted by Crippen LogP contribution is 2.22. The Morgan fingerprint density at radius 3 is 2.67 bits per heavy atom. The molecule has 3 aromatic rings. The normalized spacial score (nSPS) is 10.5. The maximum atomic E-state index is 11.9. The lowest BCUT2D eigenvalue weighted by Crippen LogP contribution is -2.27. The molecule has 0 saturated carbocycles. The molecule has 7 nitrogen and oxygen atoms in total. The van der Waals surface area contributed by atoms with Crippen LogP contribution in [0.4, 0.5) is 5.69 Å². The van der Waals surface area contributed by atoms with Crippen LogP contribution in [0.5, 0.6) is 5.75 Å². The molecule has 0 aliphatic rings. The van der Waals surface area contributed by atoms with Gasteiger partial charge < -0.3 is 10.1 Å². The number of amides is 1. The largest absolute Gasteiger partial charge is 0.491 e. The van der Waals surface area contributed by atoms with Crippen molar-refractivity contribution in [3.05, 3.63) is 76.5 Å². The van der Waals surface area contributed by atoms with E-state index in [1.165, 1.54) is 12.1 Å². The molecule has 2 aromatic carbocycles. The number of nitro groups is 1. The molecule has 0 bridgehead atoms. The predicted octanol–water partition coefficient (Wildman–Crippen LogP) is 3.27. The van der Waals surface area contributed by atoms with E-state index in [4.69, 9.17) is 4.74 Å². The fourth-order valence-electron chi connectivity index (χ4n) is 2.66. The van der Waals surface area contributed by atoms with Gasteiger partial charge in [0.05, 0.1) is 18.0 Å². The Balaban J connectivity index is 1.40. The van der Waals surface area contributed by atoms with E-state index in [-0.39, 0.29) is 18.0 Å². The summed E-state index contributed by atoms with van der Waals surface area (Å²) in [6, 6.07) is 15.6. The fourth-order valence-corrected chi connectivity index (χ4v) is 2.66. The molecule has 0 fully saturated rings. The van der Waals surface area contributed by atoms with E-state index in [0.717, 1.165) is 22.2 Å². The van der Waals surface area contributed by atoms with Crippen molar-refractivity contribution in [3.63, 3.8) is 0 Å². The summed E-state index contributed by atoms with van der Waals surface area (Å²) in [5.41, 5.74) is 1.57. The maximum absolute atomic E-state index is 11.9. The van der Waals surface area contributed by atoms with Crippen LogP contribution >= 0.6 is 0 Å². The number of nitro benzene ring substituents is 1. The molecule has 7 heteroatoms. The molecule has 0 radical (unpaired) electrons. The molecule has 138 valence electrons. The van der Waals surface area contributed by atoms with E-state index >= 15 is 0 Å². The number of nitrogens with zero attached hydrogens (tertiary/aromatic N) is 2. The average Bonchev–Trinajstić information content (AvgIpc) is 2.68. The zero-order chi connectivity index (χ0) is 19.1. The quantitative estimate of drug-likeness (QED) is 0.376. The highest BCUT2D eigenvalue weighted by atomic mass is 16.6. The molecule has 27 heavy (non-hydrogen) atoms. The van der Waals surface area contributed by atoms with Crippen molar-refractivity contribution < 1.29 is 14.5 Å². The van der Waals surface area contributed by atoms with E-state index in [2.05, 4.69) is 10.3 Å². The number of pyridine rings is 1. The minimum atomic E-state index is -0.463. The molecule has 0 saturated heterocycles. The van der Waals surface area contributed by atoms with Gasteiger partial charge in [0.2, 0.25) is 5.91 Å². The van der Waals surface area contributed by atoms with Crippen molar-refractivity contribution in [2.45, 2.75) is 12.8 Å². The van der Waals surface area contributed by atoms with Crippen LogP contribution in [0.1, 0.15) is 12.0 Å². The minimum absolute atomic E-state index is 0.0132. The first-order valence-electron chi connectivity index (χ1n) is 8.60. The Kier molecular flexibility index (Phi) is 5.94. The monoisotopic (exact) mass is 365 g/mol. The Labute approximate surface area is 156 Å². The molecule has 3 rings (SSSR count). The summed E-state index contributed by atoms with van der Waals surface area (Å²) < 4.78 is 5.78. The van der Waals surface area contributed by atoms with E-state index in [9.17, 15) is 14.9 Å². The van der Waals surface area contributed by atoms with Crippen LogP contribution in [0.25, 0.3) is 10.9 Å². The summed E-state index contributed by atoms with van der Waals surface area (Å²) >= 11 is 0. The highest BCUT2D eigenvalue weighted by molar-refractivity contribution is 5.84. The zero-order valence-corrected chi connectivity index (χ0v) is 14.6. The van der Waals surface area contributed by atoms with Crippen molar-refractivity contribution in [2.24, 2.45) is 0 Å². The molecule has 0 aliphatic carbocycles. The Hall–Kier alpha value is -3.48.